The molecule has 2 aliphatic rings. The summed E-state index contributed by atoms with van der Waals surface area (Å²) in [5.74, 6) is 0.542. The molecule has 0 saturated carbocycles. The number of carboxylic acid groups (broad SMARTS) is 1. The summed E-state index contributed by atoms with van der Waals surface area (Å²) in [5.41, 5.74) is 0.813. The maximum atomic E-state index is 13.2. The molecule has 0 aliphatic carbocycles. The number of benzene rings is 1. The van der Waals surface area contributed by atoms with Crippen molar-refractivity contribution in [1.82, 2.24) is 20.9 Å². The third-order valence-corrected chi connectivity index (χ3v) is 6.54. The molecule has 2 heterocycles. The first-order valence-electron chi connectivity index (χ1n) is 12.2. The molecule has 3 amide bonds. The van der Waals surface area contributed by atoms with Crippen molar-refractivity contribution in [2.75, 3.05) is 59.7 Å². The van der Waals surface area contributed by atoms with E-state index in [9.17, 15) is 9.59 Å². The standard InChI is InChI=1S/C24H37ClN4O6/c1-26-15-20(13-17-5-9-33-10-6-17)28-23(30)29-8-12-34-21(16-29)22(35-11-7-27-24(31)32)18-3-2-4-19(25)14-18/h2-4,14,17,20-22,26-27H,5-13,15-16H2,1H3,(H,28,30)(H,31,32)/t20-,21+,22-/m0/s1. The van der Waals surface area contributed by atoms with Crippen molar-refractivity contribution in [3.63, 3.8) is 0 Å². The lowest BCUT2D eigenvalue weighted by atomic mass is 9.92. The molecule has 11 heteroatoms. The van der Waals surface area contributed by atoms with Crippen LogP contribution in [-0.2, 0) is 14.2 Å². The minimum Gasteiger partial charge on any atom is -0.465 e. The van der Waals surface area contributed by atoms with Gasteiger partial charge in [-0.15, -0.1) is 0 Å². The lowest BCUT2D eigenvalue weighted by molar-refractivity contribution is -0.105. The normalized spacial score (nSPS) is 20.7. The van der Waals surface area contributed by atoms with Crippen LogP contribution in [0, 0.1) is 5.92 Å². The minimum atomic E-state index is -1.11. The van der Waals surface area contributed by atoms with Crippen LogP contribution in [-0.4, -0.2) is 93.9 Å². The number of hydrogen-bond acceptors (Lipinski definition) is 6. The Morgan fingerprint density at radius 3 is 2.80 bits per heavy atom. The van der Waals surface area contributed by atoms with Crippen molar-refractivity contribution in [1.29, 1.82) is 0 Å². The van der Waals surface area contributed by atoms with Gasteiger partial charge in [0, 0.05) is 43.9 Å². The van der Waals surface area contributed by atoms with Crippen LogP contribution in [0.15, 0.2) is 24.3 Å². The van der Waals surface area contributed by atoms with Gasteiger partial charge in [0.1, 0.15) is 12.2 Å². The molecule has 10 nitrogen and oxygen atoms in total. The quantitative estimate of drug-likeness (QED) is 0.336. The van der Waals surface area contributed by atoms with Crippen LogP contribution in [0.1, 0.15) is 30.9 Å². The summed E-state index contributed by atoms with van der Waals surface area (Å²) in [6, 6.07) is 7.20. The predicted molar refractivity (Wildman–Crippen MR) is 132 cm³/mol. The average molecular weight is 513 g/mol. The van der Waals surface area contributed by atoms with E-state index in [4.69, 9.17) is 30.9 Å². The van der Waals surface area contributed by atoms with Crippen molar-refractivity contribution in [3.05, 3.63) is 34.9 Å². The van der Waals surface area contributed by atoms with E-state index in [1.807, 2.05) is 19.2 Å². The molecule has 1 aromatic rings. The molecule has 0 unspecified atom stereocenters. The Labute approximate surface area is 211 Å². The fraction of sp³-hybridized carbons (Fsp3) is 0.667. The Hall–Kier alpha value is -2.11. The molecule has 2 saturated heterocycles. The number of carbonyl (C=O) groups is 2. The van der Waals surface area contributed by atoms with Crippen LogP contribution >= 0.6 is 11.6 Å². The summed E-state index contributed by atoms with van der Waals surface area (Å²) >= 11 is 6.20. The lowest BCUT2D eigenvalue weighted by Gasteiger charge is -2.38. The molecule has 4 N–H and O–H groups in total. The first-order valence-corrected chi connectivity index (χ1v) is 12.6. The van der Waals surface area contributed by atoms with Crippen molar-refractivity contribution in [3.8, 4) is 0 Å². The molecular formula is C24H37ClN4O6. The second-order valence-electron chi connectivity index (χ2n) is 8.93. The first-order chi connectivity index (χ1) is 17.0. The fourth-order valence-corrected chi connectivity index (χ4v) is 4.78. The van der Waals surface area contributed by atoms with E-state index in [1.165, 1.54) is 0 Å². The Kier molecular flexibility index (Phi) is 11.3. The largest absolute Gasteiger partial charge is 0.465 e. The van der Waals surface area contributed by atoms with Gasteiger partial charge >= 0.3 is 12.1 Å². The first kappa shape index (κ1) is 27.5. The highest BCUT2D eigenvalue weighted by Crippen LogP contribution is 2.28. The Balaban J connectivity index is 1.62. The molecule has 0 spiro atoms. The maximum Gasteiger partial charge on any atom is 0.404 e. The number of hydrogen-bond donors (Lipinski definition) is 4. The van der Waals surface area contributed by atoms with Crippen LogP contribution in [0.25, 0.3) is 0 Å². The van der Waals surface area contributed by atoms with Gasteiger partial charge in [-0.25, -0.2) is 9.59 Å². The van der Waals surface area contributed by atoms with Crippen LogP contribution in [0.4, 0.5) is 9.59 Å². The number of ether oxygens (including phenoxy) is 3. The SMILES string of the molecule is CNC[C@H](CC1CCOCC1)NC(=O)N1CCO[C@@H]([C@@H](OCCNC(=O)O)c2cccc(Cl)c2)C1. The maximum absolute atomic E-state index is 13.2. The molecule has 3 atom stereocenters. The molecule has 0 bridgehead atoms. The van der Waals surface area contributed by atoms with E-state index < -0.39 is 18.3 Å². The number of morpholine rings is 1. The molecular weight excluding hydrogens is 476 g/mol. The number of carbonyl (C=O) groups excluding carboxylic acids is 1. The van der Waals surface area contributed by atoms with E-state index in [0.29, 0.717) is 37.2 Å². The van der Waals surface area contributed by atoms with Crippen molar-refractivity contribution < 1.29 is 28.9 Å². The van der Waals surface area contributed by atoms with Gasteiger partial charge in [-0.1, -0.05) is 23.7 Å². The van der Waals surface area contributed by atoms with Gasteiger partial charge in [-0.2, -0.15) is 0 Å². The van der Waals surface area contributed by atoms with Crippen molar-refractivity contribution in [2.45, 2.75) is 37.5 Å². The summed E-state index contributed by atoms with van der Waals surface area (Å²) in [5, 5.41) is 18.1. The second kappa shape index (κ2) is 14.4. The number of likely N-dealkylation sites (N-methyl/N-ethyl adjacent to an activating group) is 1. The minimum absolute atomic E-state index is 0.0268. The number of nitrogens with one attached hydrogen (secondary N) is 3. The molecule has 2 fully saturated rings. The highest BCUT2D eigenvalue weighted by Gasteiger charge is 2.33. The summed E-state index contributed by atoms with van der Waals surface area (Å²) in [6.45, 7) is 3.76. The molecule has 0 aromatic heterocycles. The third-order valence-electron chi connectivity index (χ3n) is 6.31. The van der Waals surface area contributed by atoms with Crippen LogP contribution in [0.3, 0.4) is 0 Å². The summed E-state index contributed by atoms with van der Waals surface area (Å²) in [6.07, 6.45) is 0.915. The predicted octanol–water partition coefficient (Wildman–Crippen LogP) is 2.48. The lowest BCUT2D eigenvalue weighted by Crippen LogP contribution is -2.54. The van der Waals surface area contributed by atoms with Crippen LogP contribution in [0.2, 0.25) is 5.02 Å². The van der Waals surface area contributed by atoms with Crippen molar-refractivity contribution >= 4 is 23.7 Å². The summed E-state index contributed by atoms with van der Waals surface area (Å²) in [7, 11) is 1.89. The van der Waals surface area contributed by atoms with E-state index >= 15 is 0 Å². The number of amides is 3. The van der Waals surface area contributed by atoms with E-state index in [2.05, 4.69) is 16.0 Å². The summed E-state index contributed by atoms with van der Waals surface area (Å²) < 4.78 is 17.5. The highest BCUT2D eigenvalue weighted by atomic mass is 35.5. The van der Waals surface area contributed by atoms with Gasteiger partial charge in [0.25, 0.3) is 0 Å². The molecule has 196 valence electrons. The number of urea groups is 1. The van der Waals surface area contributed by atoms with Gasteiger partial charge in [0.05, 0.1) is 19.8 Å². The van der Waals surface area contributed by atoms with Gasteiger partial charge in [0.15, 0.2) is 0 Å². The van der Waals surface area contributed by atoms with Crippen LogP contribution < -0.4 is 16.0 Å². The zero-order chi connectivity index (χ0) is 25.0. The zero-order valence-corrected chi connectivity index (χ0v) is 21.0. The van der Waals surface area contributed by atoms with Gasteiger partial charge in [0.2, 0.25) is 0 Å². The smallest absolute Gasteiger partial charge is 0.404 e. The van der Waals surface area contributed by atoms with Gasteiger partial charge in [-0.05, 0) is 49.9 Å². The monoisotopic (exact) mass is 512 g/mol. The third kappa shape index (κ3) is 9.12. The highest BCUT2D eigenvalue weighted by molar-refractivity contribution is 6.30. The Morgan fingerprint density at radius 1 is 1.29 bits per heavy atom. The average Bonchev–Trinajstić information content (AvgIpc) is 2.84. The molecule has 1 aromatic carbocycles. The Bertz CT molecular complexity index is 810. The number of rotatable bonds is 11. The van der Waals surface area contributed by atoms with Crippen LogP contribution in [0.5, 0.6) is 0 Å². The Morgan fingerprint density at radius 2 is 2.09 bits per heavy atom. The van der Waals surface area contributed by atoms with E-state index in [1.54, 1.807) is 17.0 Å². The molecule has 3 rings (SSSR count). The summed E-state index contributed by atoms with van der Waals surface area (Å²) in [4.78, 5) is 25.7. The van der Waals surface area contributed by atoms with E-state index in [-0.39, 0.29) is 25.2 Å². The molecule has 35 heavy (non-hydrogen) atoms. The fourth-order valence-electron chi connectivity index (χ4n) is 4.58. The topological polar surface area (TPSA) is 121 Å². The van der Waals surface area contributed by atoms with Gasteiger partial charge < -0.3 is 40.2 Å². The molecule has 2 aliphatic heterocycles. The van der Waals surface area contributed by atoms with E-state index in [0.717, 1.165) is 38.0 Å². The van der Waals surface area contributed by atoms with Gasteiger partial charge in [-0.3, -0.25) is 0 Å². The van der Waals surface area contributed by atoms with Crippen molar-refractivity contribution in [2.24, 2.45) is 5.92 Å². The number of halogens is 1. The number of nitrogens with zero attached hydrogens (tertiary/aromatic N) is 1. The molecule has 0 radical (unpaired) electrons. The zero-order valence-electron chi connectivity index (χ0n) is 20.2. The second-order valence-corrected chi connectivity index (χ2v) is 9.37.